The SMILES string of the molecule is O=C1NCCC12CCCC2O. The molecule has 1 saturated heterocycles. The van der Waals surface area contributed by atoms with Gasteiger partial charge in [0.25, 0.3) is 0 Å². The summed E-state index contributed by atoms with van der Waals surface area (Å²) in [6.07, 6.45) is 3.11. The first-order chi connectivity index (χ1) is 5.26. The van der Waals surface area contributed by atoms with E-state index in [1.54, 1.807) is 0 Å². The molecule has 0 aromatic carbocycles. The standard InChI is InChI=1S/C8H13NO2/c10-6-2-1-3-8(6)4-5-9-7(8)11/h6,10H,1-5H2,(H,9,11). The van der Waals surface area contributed by atoms with Crippen LogP contribution in [-0.2, 0) is 4.79 Å². The Labute approximate surface area is 65.8 Å². The Morgan fingerprint density at radius 2 is 2.36 bits per heavy atom. The molecular weight excluding hydrogens is 142 g/mol. The average molecular weight is 155 g/mol. The topological polar surface area (TPSA) is 49.3 Å². The van der Waals surface area contributed by atoms with Crippen LogP contribution in [0.3, 0.4) is 0 Å². The lowest BCUT2D eigenvalue weighted by Gasteiger charge is -2.23. The fourth-order valence-corrected chi connectivity index (χ4v) is 2.30. The van der Waals surface area contributed by atoms with Gasteiger partial charge in [-0.1, -0.05) is 0 Å². The summed E-state index contributed by atoms with van der Waals surface area (Å²) in [5.41, 5.74) is -0.389. The number of rotatable bonds is 0. The van der Waals surface area contributed by atoms with Gasteiger partial charge in [0, 0.05) is 6.54 Å². The molecule has 1 amide bonds. The molecule has 0 radical (unpaired) electrons. The lowest BCUT2D eigenvalue weighted by molar-refractivity contribution is -0.131. The quantitative estimate of drug-likeness (QED) is 0.519. The molecule has 2 fully saturated rings. The van der Waals surface area contributed by atoms with Gasteiger partial charge in [-0.3, -0.25) is 4.79 Å². The van der Waals surface area contributed by atoms with Crippen molar-refractivity contribution in [1.29, 1.82) is 0 Å². The Morgan fingerprint density at radius 3 is 2.82 bits per heavy atom. The van der Waals surface area contributed by atoms with Crippen LogP contribution in [0.2, 0.25) is 0 Å². The van der Waals surface area contributed by atoms with Crippen LogP contribution in [0.15, 0.2) is 0 Å². The van der Waals surface area contributed by atoms with E-state index in [1.807, 2.05) is 0 Å². The minimum absolute atomic E-state index is 0.0718. The largest absolute Gasteiger partial charge is 0.392 e. The van der Waals surface area contributed by atoms with Crippen LogP contribution in [0.1, 0.15) is 25.7 Å². The van der Waals surface area contributed by atoms with Crippen molar-refractivity contribution in [2.75, 3.05) is 6.54 Å². The Morgan fingerprint density at radius 1 is 1.55 bits per heavy atom. The number of carbonyl (C=O) groups excluding carboxylic acids is 1. The van der Waals surface area contributed by atoms with E-state index in [4.69, 9.17) is 0 Å². The molecule has 3 nitrogen and oxygen atoms in total. The second-order valence-corrected chi connectivity index (χ2v) is 3.57. The van der Waals surface area contributed by atoms with Gasteiger partial charge in [-0.15, -0.1) is 0 Å². The zero-order valence-electron chi connectivity index (χ0n) is 6.47. The summed E-state index contributed by atoms with van der Waals surface area (Å²) in [7, 11) is 0. The van der Waals surface area contributed by atoms with E-state index in [1.165, 1.54) is 0 Å². The Hall–Kier alpha value is -0.570. The molecule has 2 atom stereocenters. The molecule has 2 unspecified atom stereocenters. The van der Waals surface area contributed by atoms with Crippen molar-refractivity contribution in [2.24, 2.45) is 5.41 Å². The van der Waals surface area contributed by atoms with E-state index >= 15 is 0 Å². The lowest BCUT2D eigenvalue weighted by Crippen LogP contribution is -2.37. The van der Waals surface area contributed by atoms with E-state index in [-0.39, 0.29) is 17.4 Å². The first kappa shape index (κ1) is 7.10. The van der Waals surface area contributed by atoms with E-state index in [2.05, 4.69) is 5.32 Å². The molecule has 1 heterocycles. The highest BCUT2D eigenvalue weighted by atomic mass is 16.3. The molecule has 3 heteroatoms. The molecule has 0 aromatic heterocycles. The maximum Gasteiger partial charge on any atom is 0.228 e. The number of hydrogen-bond donors (Lipinski definition) is 2. The van der Waals surface area contributed by atoms with Crippen molar-refractivity contribution in [3.63, 3.8) is 0 Å². The van der Waals surface area contributed by atoms with Gasteiger partial charge in [0.05, 0.1) is 11.5 Å². The fraction of sp³-hybridized carbons (Fsp3) is 0.875. The summed E-state index contributed by atoms with van der Waals surface area (Å²) in [6, 6.07) is 0. The monoisotopic (exact) mass is 155 g/mol. The maximum atomic E-state index is 11.3. The normalized spacial score (nSPS) is 43.4. The molecule has 62 valence electrons. The van der Waals surface area contributed by atoms with E-state index in [0.717, 1.165) is 32.2 Å². The van der Waals surface area contributed by atoms with Gasteiger partial charge in [-0.2, -0.15) is 0 Å². The number of amides is 1. The molecule has 0 bridgehead atoms. The third-order valence-electron chi connectivity index (χ3n) is 3.05. The summed E-state index contributed by atoms with van der Waals surface area (Å²) < 4.78 is 0. The summed E-state index contributed by atoms with van der Waals surface area (Å²) in [5.74, 6) is 0.0718. The Kier molecular flexibility index (Phi) is 1.42. The van der Waals surface area contributed by atoms with E-state index < -0.39 is 0 Å². The fourth-order valence-electron chi connectivity index (χ4n) is 2.30. The molecule has 11 heavy (non-hydrogen) atoms. The number of aliphatic hydroxyl groups excluding tert-OH is 1. The van der Waals surface area contributed by atoms with Crippen molar-refractivity contribution in [3.8, 4) is 0 Å². The molecule has 1 saturated carbocycles. The van der Waals surface area contributed by atoms with Crippen LogP contribution in [0, 0.1) is 5.41 Å². The summed E-state index contributed by atoms with van der Waals surface area (Å²) in [5, 5.41) is 12.4. The first-order valence-electron chi connectivity index (χ1n) is 4.22. The number of nitrogens with one attached hydrogen (secondary N) is 1. The average Bonchev–Trinajstić information content (AvgIpc) is 2.48. The second-order valence-electron chi connectivity index (χ2n) is 3.57. The minimum atomic E-state index is -0.389. The molecule has 2 rings (SSSR count). The van der Waals surface area contributed by atoms with Crippen LogP contribution in [-0.4, -0.2) is 23.7 Å². The molecule has 0 aromatic rings. The van der Waals surface area contributed by atoms with Crippen LogP contribution < -0.4 is 5.32 Å². The van der Waals surface area contributed by atoms with Gasteiger partial charge in [0.1, 0.15) is 0 Å². The predicted octanol–water partition coefficient (Wildman–Crippen LogP) is 0.0375. The number of aliphatic hydroxyl groups is 1. The van der Waals surface area contributed by atoms with Gasteiger partial charge >= 0.3 is 0 Å². The van der Waals surface area contributed by atoms with Crippen LogP contribution in [0.4, 0.5) is 0 Å². The highest BCUT2D eigenvalue weighted by Crippen LogP contribution is 2.43. The molecular formula is C8H13NO2. The van der Waals surface area contributed by atoms with Gasteiger partial charge in [-0.25, -0.2) is 0 Å². The molecule has 1 spiro atoms. The highest BCUT2D eigenvalue weighted by Gasteiger charge is 2.50. The second kappa shape index (κ2) is 2.21. The van der Waals surface area contributed by atoms with Crippen molar-refractivity contribution < 1.29 is 9.90 Å². The summed E-state index contributed by atoms with van der Waals surface area (Å²) in [6.45, 7) is 0.746. The third-order valence-corrected chi connectivity index (χ3v) is 3.05. The molecule has 2 aliphatic rings. The molecule has 1 aliphatic heterocycles. The maximum absolute atomic E-state index is 11.3. The number of carbonyl (C=O) groups is 1. The van der Waals surface area contributed by atoms with E-state index in [9.17, 15) is 9.90 Å². The zero-order valence-corrected chi connectivity index (χ0v) is 6.47. The Bertz CT molecular complexity index is 189. The van der Waals surface area contributed by atoms with Crippen molar-refractivity contribution in [3.05, 3.63) is 0 Å². The smallest absolute Gasteiger partial charge is 0.228 e. The molecule has 1 aliphatic carbocycles. The minimum Gasteiger partial charge on any atom is -0.392 e. The van der Waals surface area contributed by atoms with Crippen LogP contribution in [0.25, 0.3) is 0 Å². The predicted molar refractivity (Wildman–Crippen MR) is 39.9 cm³/mol. The van der Waals surface area contributed by atoms with E-state index in [0.29, 0.717) is 0 Å². The Balaban J connectivity index is 2.25. The van der Waals surface area contributed by atoms with Crippen LogP contribution in [0.5, 0.6) is 0 Å². The lowest BCUT2D eigenvalue weighted by atomic mass is 9.83. The summed E-state index contributed by atoms with van der Waals surface area (Å²) in [4.78, 5) is 11.3. The molecule has 2 N–H and O–H groups in total. The van der Waals surface area contributed by atoms with Gasteiger partial charge in [0.15, 0.2) is 0 Å². The van der Waals surface area contributed by atoms with Crippen molar-refractivity contribution in [1.82, 2.24) is 5.32 Å². The van der Waals surface area contributed by atoms with Crippen LogP contribution >= 0.6 is 0 Å². The third kappa shape index (κ3) is 0.805. The van der Waals surface area contributed by atoms with Gasteiger partial charge in [0.2, 0.25) is 5.91 Å². The zero-order chi connectivity index (χ0) is 7.90. The number of hydrogen-bond acceptors (Lipinski definition) is 2. The van der Waals surface area contributed by atoms with Crippen molar-refractivity contribution >= 4 is 5.91 Å². The highest BCUT2D eigenvalue weighted by molar-refractivity contribution is 5.85. The van der Waals surface area contributed by atoms with Gasteiger partial charge < -0.3 is 10.4 Å². The first-order valence-corrected chi connectivity index (χ1v) is 4.22. The van der Waals surface area contributed by atoms with Gasteiger partial charge in [-0.05, 0) is 25.7 Å². The van der Waals surface area contributed by atoms with Crippen molar-refractivity contribution in [2.45, 2.75) is 31.8 Å². The summed E-state index contributed by atoms with van der Waals surface area (Å²) >= 11 is 0.